The lowest BCUT2D eigenvalue weighted by atomic mass is 10.1. The predicted octanol–water partition coefficient (Wildman–Crippen LogP) is 4.42. The van der Waals surface area contributed by atoms with Crippen LogP contribution in [0.5, 0.6) is 0 Å². The van der Waals surface area contributed by atoms with Crippen molar-refractivity contribution in [2.24, 2.45) is 0 Å². The van der Waals surface area contributed by atoms with Crippen LogP contribution in [0, 0.1) is 0 Å². The largest absolute Gasteiger partial charge is 0.344 e. The van der Waals surface area contributed by atoms with Crippen LogP contribution < -0.4 is 10.4 Å². The van der Waals surface area contributed by atoms with Gasteiger partial charge >= 0.3 is 0 Å². The molecule has 0 aromatic heterocycles. The van der Waals surface area contributed by atoms with E-state index in [-0.39, 0.29) is 0 Å². The Kier molecular flexibility index (Phi) is 3.73. The van der Waals surface area contributed by atoms with E-state index in [4.69, 9.17) is 5.26 Å². The Labute approximate surface area is 123 Å². The number of fused-ring (bicyclic) bond motifs is 1. The molecule has 0 aliphatic carbocycles. The van der Waals surface area contributed by atoms with Crippen molar-refractivity contribution >= 4 is 27.8 Å². The Morgan fingerprint density at radius 1 is 0.952 bits per heavy atom. The van der Waals surface area contributed by atoms with E-state index in [2.05, 4.69) is 39.6 Å². The zero-order valence-electron chi connectivity index (χ0n) is 11.7. The molecule has 0 radical (unpaired) electrons. The first-order chi connectivity index (χ1) is 10.3. The van der Waals surface area contributed by atoms with Gasteiger partial charge in [-0.15, -0.1) is 4.99 Å². The summed E-state index contributed by atoms with van der Waals surface area (Å²) in [5.74, 6) is 0. The van der Waals surface area contributed by atoms with Gasteiger partial charge in [-0.2, -0.15) is 0 Å². The quantitative estimate of drug-likeness (QED) is 0.548. The van der Waals surface area contributed by atoms with Gasteiger partial charge in [0.1, 0.15) is 0 Å². The minimum atomic E-state index is 0.682. The Balaban J connectivity index is 2.04. The third-order valence-corrected chi connectivity index (χ3v) is 3.52. The fraction of sp³-hybridized carbons (Fsp3) is 0.0588. The topological polar surface area (TPSA) is 44.7 Å². The van der Waals surface area contributed by atoms with E-state index in [0.717, 1.165) is 11.4 Å². The molecule has 0 aliphatic heterocycles. The van der Waals surface area contributed by atoms with Crippen LogP contribution in [0.3, 0.4) is 0 Å². The summed E-state index contributed by atoms with van der Waals surface area (Å²) < 4.78 is 0. The summed E-state index contributed by atoms with van der Waals surface area (Å²) in [4.78, 5) is 6.07. The summed E-state index contributed by atoms with van der Waals surface area (Å²) >= 11 is 0. The number of nitrogens with one attached hydrogen (secondary N) is 1. The molecule has 0 saturated carbocycles. The van der Waals surface area contributed by atoms with E-state index in [0.29, 0.717) is 5.69 Å². The molecule has 0 saturated heterocycles. The fourth-order valence-corrected chi connectivity index (χ4v) is 2.47. The van der Waals surface area contributed by atoms with Crippen molar-refractivity contribution in [1.82, 2.24) is 0 Å². The average Bonchev–Trinajstić information content (AvgIpc) is 2.54. The van der Waals surface area contributed by atoms with Gasteiger partial charge in [-0.1, -0.05) is 42.5 Å². The molecule has 0 fully saturated rings. The first-order valence-electron chi connectivity index (χ1n) is 6.67. The van der Waals surface area contributed by atoms with Gasteiger partial charge in [-0.25, -0.2) is 10.7 Å². The van der Waals surface area contributed by atoms with Gasteiger partial charge in [0.05, 0.1) is 5.69 Å². The number of anilines is 3. The van der Waals surface area contributed by atoms with E-state index in [1.165, 1.54) is 10.8 Å². The fourth-order valence-electron chi connectivity index (χ4n) is 2.47. The lowest BCUT2D eigenvalue weighted by Crippen LogP contribution is -2.10. The number of benzene rings is 3. The van der Waals surface area contributed by atoms with Crippen LogP contribution in [-0.2, 0) is 4.99 Å². The second kappa shape index (κ2) is 5.83. The first kappa shape index (κ1) is 13.4. The molecular weight excluding hydrogens is 264 g/mol. The molecule has 4 nitrogen and oxygen atoms in total. The Morgan fingerprint density at radius 2 is 1.71 bits per heavy atom. The van der Waals surface area contributed by atoms with Crippen LogP contribution in [0.25, 0.3) is 10.8 Å². The highest BCUT2D eigenvalue weighted by Gasteiger charge is 2.08. The average molecular weight is 280 g/mol. The van der Waals surface area contributed by atoms with Crippen molar-refractivity contribution in [3.8, 4) is 0 Å². The highest BCUT2D eigenvalue weighted by Crippen LogP contribution is 2.31. The van der Waals surface area contributed by atoms with Crippen LogP contribution in [-0.4, -0.2) is 12.3 Å². The monoisotopic (exact) mass is 280 g/mol. The molecule has 0 amide bonds. The third-order valence-electron chi connectivity index (χ3n) is 3.52. The molecule has 3 aromatic carbocycles. The second-order valence-electron chi connectivity index (χ2n) is 4.80. The maximum Gasteiger partial charge on any atom is 0.0655 e. The van der Waals surface area contributed by atoms with Crippen LogP contribution >= 0.6 is 0 Å². The van der Waals surface area contributed by atoms with Crippen molar-refractivity contribution in [2.45, 2.75) is 0 Å². The van der Waals surface area contributed by atoms with Crippen molar-refractivity contribution < 1.29 is 10.2 Å². The minimum absolute atomic E-state index is 0.682. The van der Waals surface area contributed by atoms with E-state index in [1.807, 2.05) is 49.5 Å². The Hall–Kier alpha value is -2.56. The molecule has 0 unspecified atom stereocenters. The zero-order chi connectivity index (χ0) is 14.7. The van der Waals surface area contributed by atoms with Crippen molar-refractivity contribution in [2.75, 3.05) is 17.4 Å². The molecule has 0 bridgehead atoms. The Morgan fingerprint density at radius 3 is 2.57 bits per heavy atom. The van der Waals surface area contributed by atoms with Crippen molar-refractivity contribution in [3.05, 3.63) is 66.7 Å². The molecular formula is C17H16N2O2. The maximum absolute atomic E-state index is 8.48. The number of hydrogen-bond donors (Lipinski definition) is 2. The number of hydrogen-bond acceptors (Lipinski definition) is 4. The lowest BCUT2D eigenvalue weighted by Gasteiger charge is -2.22. The summed E-state index contributed by atoms with van der Waals surface area (Å²) in [7, 11) is 2.01. The van der Waals surface area contributed by atoms with E-state index in [9.17, 15) is 0 Å². The summed E-state index contributed by atoms with van der Waals surface area (Å²) in [5, 5.41) is 10.9. The lowest BCUT2D eigenvalue weighted by molar-refractivity contribution is -0.215. The normalized spacial score (nSPS) is 10.6. The smallest absolute Gasteiger partial charge is 0.0655 e. The number of nitrogens with zero attached hydrogens (tertiary/aromatic N) is 1. The summed E-state index contributed by atoms with van der Waals surface area (Å²) in [5.41, 5.74) is 5.22. The molecule has 0 aliphatic rings. The molecule has 106 valence electrons. The highest BCUT2D eigenvalue weighted by molar-refractivity contribution is 5.96. The van der Waals surface area contributed by atoms with Gasteiger partial charge in [-0.3, -0.25) is 0 Å². The highest BCUT2D eigenvalue weighted by atomic mass is 17.2. The van der Waals surface area contributed by atoms with E-state index < -0.39 is 0 Å². The first-order valence-corrected chi connectivity index (χ1v) is 6.67. The van der Waals surface area contributed by atoms with Crippen LogP contribution in [0.4, 0.5) is 17.1 Å². The number of rotatable bonds is 4. The molecule has 4 heteroatoms. The maximum atomic E-state index is 8.48. The van der Waals surface area contributed by atoms with Gasteiger partial charge < -0.3 is 4.90 Å². The van der Waals surface area contributed by atoms with Gasteiger partial charge in [-0.05, 0) is 29.7 Å². The van der Waals surface area contributed by atoms with Crippen molar-refractivity contribution in [3.63, 3.8) is 0 Å². The zero-order valence-corrected chi connectivity index (χ0v) is 11.7. The SMILES string of the molecule is CN(c1cccc(NOO)c1)c1cccc2ccccc12. The Bertz CT molecular complexity index is 753. The van der Waals surface area contributed by atoms with E-state index in [1.54, 1.807) is 0 Å². The van der Waals surface area contributed by atoms with Gasteiger partial charge in [0.25, 0.3) is 0 Å². The summed E-state index contributed by atoms with van der Waals surface area (Å²) in [6, 6.07) is 22.1. The van der Waals surface area contributed by atoms with Gasteiger partial charge in [0.15, 0.2) is 0 Å². The third kappa shape index (κ3) is 2.67. The molecule has 3 rings (SSSR count). The predicted molar refractivity (Wildman–Crippen MR) is 85.8 cm³/mol. The van der Waals surface area contributed by atoms with Gasteiger partial charge in [0, 0.05) is 23.8 Å². The van der Waals surface area contributed by atoms with Crippen LogP contribution in [0.1, 0.15) is 0 Å². The standard InChI is InChI=1S/C17H16N2O2/c1-19(15-9-5-8-14(12-15)18-21-20)17-11-4-7-13-6-2-3-10-16(13)17/h2-12,18,20H,1H3. The molecule has 21 heavy (non-hydrogen) atoms. The van der Waals surface area contributed by atoms with Crippen molar-refractivity contribution in [1.29, 1.82) is 0 Å². The van der Waals surface area contributed by atoms with Crippen LogP contribution in [0.2, 0.25) is 0 Å². The minimum Gasteiger partial charge on any atom is -0.344 e. The van der Waals surface area contributed by atoms with E-state index >= 15 is 0 Å². The summed E-state index contributed by atoms with van der Waals surface area (Å²) in [6.45, 7) is 0. The molecule has 2 N–H and O–H groups in total. The second-order valence-corrected chi connectivity index (χ2v) is 4.80. The molecule has 0 spiro atoms. The molecule has 0 atom stereocenters. The summed E-state index contributed by atoms with van der Waals surface area (Å²) in [6.07, 6.45) is 0. The molecule has 3 aromatic rings. The van der Waals surface area contributed by atoms with Crippen LogP contribution in [0.15, 0.2) is 66.7 Å². The van der Waals surface area contributed by atoms with Gasteiger partial charge in [0.2, 0.25) is 0 Å². The molecule has 0 heterocycles.